The average molecular weight is 722 g/mol. The Hall–Kier alpha value is -5.39. The fourth-order valence-corrected chi connectivity index (χ4v) is 5.58. The number of amides is 2. The average Bonchev–Trinajstić information content (AvgIpc) is 3.09. The quantitative estimate of drug-likeness (QED) is 0.170. The zero-order chi connectivity index (χ0) is 35.4. The fraction of sp³-hybridized carbons (Fsp3) is 0.135. The van der Waals surface area contributed by atoms with Crippen molar-refractivity contribution in [3.63, 3.8) is 0 Å². The van der Waals surface area contributed by atoms with E-state index in [0.29, 0.717) is 57.4 Å². The number of carbonyl (C=O) groups excluding carboxylic acids is 2. The molecule has 7 rings (SSSR count). The maximum atomic E-state index is 13.0. The van der Waals surface area contributed by atoms with Gasteiger partial charge in [-0.3, -0.25) is 9.59 Å². The van der Waals surface area contributed by atoms with Crippen molar-refractivity contribution >= 4 is 63.5 Å². The lowest BCUT2D eigenvalue weighted by molar-refractivity contribution is -0.137. The van der Waals surface area contributed by atoms with Crippen molar-refractivity contribution in [3.8, 4) is 11.5 Å². The first-order chi connectivity index (χ1) is 23.9. The molecule has 50 heavy (non-hydrogen) atoms. The molecular formula is C37H29Cl2F3N4O4. The van der Waals surface area contributed by atoms with Crippen LogP contribution in [0.1, 0.15) is 16.7 Å². The largest absolute Gasteiger partial charge is 0.482 e. The van der Waals surface area contributed by atoms with Gasteiger partial charge in [0.05, 0.1) is 30.0 Å². The summed E-state index contributed by atoms with van der Waals surface area (Å²) in [6.45, 7) is 0.751. The predicted octanol–water partition coefficient (Wildman–Crippen LogP) is 8.88. The lowest BCUT2D eigenvalue weighted by atomic mass is 10.1. The molecule has 0 atom stereocenters. The normalized spacial score (nSPS) is 13.7. The lowest BCUT2D eigenvalue weighted by Gasteiger charge is -2.30. The maximum Gasteiger partial charge on any atom is 0.416 e. The fourth-order valence-electron chi connectivity index (χ4n) is 5.33. The SMILES string of the molecule is Nc1ccc2c(c1)N(Cc1ccc(Cl)cc1)C(=O)CO2.O=C1COc2ccc(Nc3cccc(C(F)(F)F)c3)cc2N1Cc1ccc(Cl)cc1. The number of carbonyl (C=O) groups is 2. The number of alkyl halides is 3. The van der Waals surface area contributed by atoms with Crippen LogP contribution >= 0.6 is 23.2 Å². The van der Waals surface area contributed by atoms with Crippen molar-refractivity contribution < 1.29 is 32.2 Å². The molecule has 0 saturated heterocycles. The first kappa shape index (κ1) is 34.5. The molecule has 2 amide bonds. The van der Waals surface area contributed by atoms with E-state index < -0.39 is 11.7 Å². The Labute approximate surface area is 295 Å². The zero-order valence-electron chi connectivity index (χ0n) is 26.2. The molecule has 0 radical (unpaired) electrons. The number of benzene rings is 5. The van der Waals surface area contributed by atoms with Gasteiger partial charge in [0.2, 0.25) is 0 Å². The molecule has 0 spiro atoms. The summed E-state index contributed by atoms with van der Waals surface area (Å²) in [6.07, 6.45) is -4.43. The highest BCUT2D eigenvalue weighted by Crippen LogP contribution is 2.38. The van der Waals surface area contributed by atoms with Gasteiger partial charge < -0.3 is 30.3 Å². The smallest absolute Gasteiger partial charge is 0.416 e. The molecule has 2 aliphatic rings. The number of fused-ring (bicyclic) bond motifs is 2. The van der Waals surface area contributed by atoms with Gasteiger partial charge in [-0.25, -0.2) is 0 Å². The second-order valence-corrected chi connectivity index (χ2v) is 12.3. The Morgan fingerprint density at radius 2 is 1.16 bits per heavy atom. The molecule has 0 fully saturated rings. The molecule has 0 aromatic heterocycles. The van der Waals surface area contributed by atoms with Gasteiger partial charge in [0.15, 0.2) is 13.2 Å². The van der Waals surface area contributed by atoms with Crippen LogP contribution in [-0.2, 0) is 28.9 Å². The van der Waals surface area contributed by atoms with Gasteiger partial charge in [-0.05, 0) is 90.0 Å². The number of ether oxygens (including phenoxy) is 2. The van der Waals surface area contributed by atoms with E-state index in [1.165, 1.54) is 6.07 Å². The van der Waals surface area contributed by atoms with Gasteiger partial charge in [-0.1, -0.05) is 53.5 Å². The minimum atomic E-state index is -4.43. The van der Waals surface area contributed by atoms with Crippen LogP contribution < -0.4 is 30.3 Å². The Morgan fingerprint density at radius 3 is 1.70 bits per heavy atom. The van der Waals surface area contributed by atoms with Crippen LogP contribution in [0.25, 0.3) is 0 Å². The van der Waals surface area contributed by atoms with E-state index in [1.54, 1.807) is 64.4 Å². The Balaban J connectivity index is 0.000000187. The molecule has 256 valence electrons. The third-order valence-electron chi connectivity index (χ3n) is 7.81. The Bertz CT molecular complexity index is 2030. The molecule has 2 heterocycles. The van der Waals surface area contributed by atoms with Crippen LogP contribution in [0.3, 0.4) is 0 Å². The summed E-state index contributed by atoms with van der Waals surface area (Å²) in [6, 6.07) is 29.8. The number of hydrogen-bond donors (Lipinski definition) is 2. The number of nitrogens with two attached hydrogens (primary N) is 1. The number of nitrogen functional groups attached to an aromatic ring is 1. The van der Waals surface area contributed by atoms with Crippen LogP contribution in [0.5, 0.6) is 11.5 Å². The number of nitrogens with zero attached hydrogens (tertiary/aromatic N) is 2. The highest BCUT2D eigenvalue weighted by atomic mass is 35.5. The molecule has 0 bridgehead atoms. The summed E-state index contributed by atoms with van der Waals surface area (Å²) in [4.78, 5) is 27.8. The molecule has 3 N–H and O–H groups in total. The summed E-state index contributed by atoms with van der Waals surface area (Å²) in [7, 11) is 0. The molecule has 0 aliphatic carbocycles. The number of halogens is 5. The predicted molar refractivity (Wildman–Crippen MR) is 188 cm³/mol. The third kappa shape index (κ3) is 8.24. The van der Waals surface area contributed by atoms with Crippen molar-refractivity contribution in [1.29, 1.82) is 0 Å². The van der Waals surface area contributed by atoms with E-state index in [0.717, 1.165) is 23.3 Å². The molecule has 13 heteroatoms. The molecule has 0 saturated carbocycles. The minimum Gasteiger partial charge on any atom is -0.482 e. The molecule has 0 unspecified atom stereocenters. The molecule has 8 nitrogen and oxygen atoms in total. The van der Waals surface area contributed by atoms with Crippen molar-refractivity contribution in [2.24, 2.45) is 0 Å². The van der Waals surface area contributed by atoms with Crippen molar-refractivity contribution in [3.05, 3.63) is 136 Å². The van der Waals surface area contributed by atoms with Gasteiger partial charge in [0.1, 0.15) is 11.5 Å². The Morgan fingerprint density at radius 1 is 0.660 bits per heavy atom. The number of rotatable bonds is 6. The van der Waals surface area contributed by atoms with Gasteiger partial charge in [0, 0.05) is 27.1 Å². The first-order valence-corrected chi connectivity index (χ1v) is 16.0. The minimum absolute atomic E-state index is 0.0461. The Kier molecular flexibility index (Phi) is 10.1. The summed E-state index contributed by atoms with van der Waals surface area (Å²) in [5, 5.41) is 4.23. The first-order valence-electron chi connectivity index (χ1n) is 15.3. The summed E-state index contributed by atoms with van der Waals surface area (Å²) in [5.74, 6) is 0.901. The molecule has 2 aliphatic heterocycles. The second kappa shape index (κ2) is 14.6. The van der Waals surface area contributed by atoms with Crippen molar-refractivity contribution in [2.45, 2.75) is 19.3 Å². The summed E-state index contributed by atoms with van der Waals surface area (Å²) >= 11 is 11.8. The van der Waals surface area contributed by atoms with Crippen LogP contribution in [0.4, 0.5) is 41.6 Å². The highest BCUT2D eigenvalue weighted by molar-refractivity contribution is 6.30. The van der Waals surface area contributed by atoms with E-state index in [4.69, 9.17) is 38.4 Å². The lowest BCUT2D eigenvalue weighted by Crippen LogP contribution is -2.38. The van der Waals surface area contributed by atoms with Crippen molar-refractivity contribution in [2.75, 3.05) is 34.1 Å². The maximum absolute atomic E-state index is 13.0. The van der Waals surface area contributed by atoms with Gasteiger partial charge >= 0.3 is 6.18 Å². The van der Waals surface area contributed by atoms with Gasteiger partial charge in [-0.2, -0.15) is 13.2 Å². The van der Waals surface area contributed by atoms with Gasteiger partial charge in [-0.15, -0.1) is 0 Å². The van der Waals surface area contributed by atoms with Crippen LogP contribution in [0, 0.1) is 0 Å². The van der Waals surface area contributed by atoms with Crippen LogP contribution in [-0.4, -0.2) is 25.0 Å². The van der Waals surface area contributed by atoms with Crippen LogP contribution in [0.15, 0.2) is 109 Å². The van der Waals surface area contributed by atoms with E-state index in [1.807, 2.05) is 36.4 Å². The highest BCUT2D eigenvalue weighted by Gasteiger charge is 2.31. The summed E-state index contributed by atoms with van der Waals surface area (Å²) < 4.78 is 49.8. The van der Waals surface area contributed by atoms with Crippen molar-refractivity contribution in [1.82, 2.24) is 0 Å². The molecule has 5 aromatic carbocycles. The van der Waals surface area contributed by atoms with E-state index >= 15 is 0 Å². The molecular weight excluding hydrogens is 692 g/mol. The zero-order valence-corrected chi connectivity index (χ0v) is 27.7. The topological polar surface area (TPSA) is 97.1 Å². The van der Waals surface area contributed by atoms with E-state index in [-0.39, 0.29) is 30.7 Å². The summed E-state index contributed by atoms with van der Waals surface area (Å²) in [5.41, 5.74) is 9.60. The number of hydrogen-bond acceptors (Lipinski definition) is 6. The number of anilines is 5. The third-order valence-corrected chi connectivity index (χ3v) is 8.32. The monoisotopic (exact) mass is 720 g/mol. The van der Waals surface area contributed by atoms with Gasteiger partial charge in [0.25, 0.3) is 11.8 Å². The van der Waals surface area contributed by atoms with E-state index in [9.17, 15) is 22.8 Å². The number of nitrogens with one attached hydrogen (secondary N) is 1. The van der Waals surface area contributed by atoms with Crippen LogP contribution in [0.2, 0.25) is 10.0 Å². The molecule has 5 aromatic rings. The van der Waals surface area contributed by atoms with E-state index in [2.05, 4.69) is 5.32 Å². The standard InChI is InChI=1S/C22H16ClF3N2O2.C15H13ClN2O2/c23-16-6-4-14(5-7-16)12-28-19-11-18(8-9-20(19)30-13-21(28)29)27-17-3-1-2-15(10-17)22(24,25)26;16-11-3-1-10(2-4-11)8-18-13-7-12(17)5-6-14(13)20-9-15(18)19/h1-11,27H,12-13H2;1-7H,8-9,17H2. The second-order valence-electron chi connectivity index (χ2n) is 11.4.